The van der Waals surface area contributed by atoms with Crippen LogP contribution in [0.15, 0.2) is 0 Å². The number of rotatable bonds is 3. The zero-order valence-electron chi connectivity index (χ0n) is 11.2. The summed E-state index contributed by atoms with van der Waals surface area (Å²) in [5.41, 5.74) is 0. The molecule has 0 saturated carbocycles. The van der Waals surface area contributed by atoms with Crippen molar-refractivity contribution in [1.29, 1.82) is 0 Å². The predicted molar refractivity (Wildman–Crippen MR) is 72.5 cm³/mol. The van der Waals surface area contributed by atoms with Gasteiger partial charge in [-0.05, 0) is 31.7 Å². The first-order valence-corrected chi connectivity index (χ1v) is 8.50. The summed E-state index contributed by atoms with van der Waals surface area (Å²) in [7, 11) is -3.29. The molecule has 2 atom stereocenters. The van der Waals surface area contributed by atoms with Gasteiger partial charge < -0.3 is 5.32 Å². The number of nitrogens with zero attached hydrogens (tertiary/aromatic N) is 1. The minimum Gasteiger partial charge on any atom is -0.315 e. The smallest absolute Gasteiger partial charge is 0.279 e. The van der Waals surface area contributed by atoms with Crippen LogP contribution >= 0.6 is 0 Å². The van der Waals surface area contributed by atoms with E-state index in [4.69, 9.17) is 0 Å². The molecule has 0 bridgehead atoms. The highest BCUT2D eigenvalue weighted by molar-refractivity contribution is 7.87. The van der Waals surface area contributed by atoms with E-state index in [1.807, 2.05) is 0 Å². The Hall–Kier alpha value is -0.170. The normalized spacial score (nSPS) is 32.1. The minimum atomic E-state index is -3.29. The van der Waals surface area contributed by atoms with Crippen LogP contribution in [0.5, 0.6) is 0 Å². The van der Waals surface area contributed by atoms with Gasteiger partial charge in [0.2, 0.25) is 0 Å². The maximum Gasteiger partial charge on any atom is 0.279 e. The van der Waals surface area contributed by atoms with Gasteiger partial charge in [0, 0.05) is 25.7 Å². The van der Waals surface area contributed by atoms with Crippen molar-refractivity contribution < 1.29 is 8.42 Å². The molecular formula is C12H25N3O2S. The molecule has 2 heterocycles. The van der Waals surface area contributed by atoms with Crippen LogP contribution in [0.1, 0.15) is 39.0 Å². The Morgan fingerprint density at radius 3 is 2.39 bits per heavy atom. The Balaban J connectivity index is 1.93. The first-order valence-electron chi connectivity index (χ1n) is 7.06. The van der Waals surface area contributed by atoms with E-state index >= 15 is 0 Å². The van der Waals surface area contributed by atoms with Crippen LogP contribution in [0, 0.1) is 5.92 Å². The standard InChI is InChI=1S/C12H25N3O2S/c1-11-8-12(10-13-9-11)14-18(16,17)15-6-4-2-3-5-7-15/h11-14H,2-10H2,1H3. The van der Waals surface area contributed by atoms with Gasteiger partial charge in [-0.25, -0.2) is 0 Å². The first kappa shape index (κ1) is 14.2. The van der Waals surface area contributed by atoms with Crippen LogP contribution in [0.2, 0.25) is 0 Å². The van der Waals surface area contributed by atoms with Crippen LogP contribution < -0.4 is 10.0 Å². The van der Waals surface area contributed by atoms with E-state index in [1.54, 1.807) is 4.31 Å². The first-order chi connectivity index (χ1) is 8.58. The molecule has 2 rings (SSSR count). The summed E-state index contributed by atoms with van der Waals surface area (Å²) in [6.45, 7) is 5.23. The minimum absolute atomic E-state index is 0.0435. The lowest BCUT2D eigenvalue weighted by atomic mass is 9.99. The number of piperidine rings is 1. The SMILES string of the molecule is CC1CNCC(NS(=O)(=O)N2CCCCCC2)C1. The van der Waals surface area contributed by atoms with Crippen molar-refractivity contribution in [2.75, 3.05) is 26.2 Å². The van der Waals surface area contributed by atoms with Gasteiger partial charge in [-0.2, -0.15) is 17.4 Å². The molecule has 2 unspecified atom stereocenters. The lowest BCUT2D eigenvalue weighted by Crippen LogP contribution is -2.52. The van der Waals surface area contributed by atoms with Crippen LogP contribution in [0.4, 0.5) is 0 Å². The van der Waals surface area contributed by atoms with E-state index < -0.39 is 10.2 Å². The van der Waals surface area contributed by atoms with Gasteiger partial charge in [0.1, 0.15) is 0 Å². The maximum absolute atomic E-state index is 12.3. The van der Waals surface area contributed by atoms with E-state index in [9.17, 15) is 8.42 Å². The molecule has 2 aliphatic rings. The molecule has 0 aliphatic carbocycles. The molecule has 2 N–H and O–H groups in total. The van der Waals surface area contributed by atoms with Gasteiger partial charge in [0.05, 0.1) is 0 Å². The molecule has 0 aromatic rings. The Morgan fingerprint density at radius 1 is 1.11 bits per heavy atom. The summed E-state index contributed by atoms with van der Waals surface area (Å²) >= 11 is 0. The second kappa shape index (κ2) is 6.32. The Kier molecular flexibility index (Phi) is 5.00. The molecule has 5 nitrogen and oxygen atoms in total. The highest BCUT2D eigenvalue weighted by atomic mass is 32.2. The average Bonchev–Trinajstić information content (AvgIpc) is 2.57. The third-order valence-electron chi connectivity index (χ3n) is 3.79. The molecule has 18 heavy (non-hydrogen) atoms. The van der Waals surface area contributed by atoms with Gasteiger partial charge in [-0.3, -0.25) is 0 Å². The van der Waals surface area contributed by atoms with Gasteiger partial charge in [0.25, 0.3) is 10.2 Å². The zero-order valence-corrected chi connectivity index (χ0v) is 12.0. The van der Waals surface area contributed by atoms with Crippen molar-refractivity contribution >= 4 is 10.2 Å². The summed E-state index contributed by atoms with van der Waals surface area (Å²) < 4.78 is 29.1. The van der Waals surface area contributed by atoms with Crippen LogP contribution in [-0.4, -0.2) is 44.9 Å². The highest BCUT2D eigenvalue weighted by Crippen LogP contribution is 2.15. The van der Waals surface area contributed by atoms with Gasteiger partial charge >= 0.3 is 0 Å². The van der Waals surface area contributed by atoms with E-state index in [0.29, 0.717) is 19.0 Å². The summed E-state index contributed by atoms with van der Waals surface area (Å²) in [6.07, 6.45) is 5.20. The summed E-state index contributed by atoms with van der Waals surface area (Å²) in [5, 5.41) is 3.28. The Morgan fingerprint density at radius 2 is 1.78 bits per heavy atom. The van der Waals surface area contributed by atoms with Crippen LogP contribution in [0.3, 0.4) is 0 Å². The van der Waals surface area contributed by atoms with E-state index in [2.05, 4.69) is 17.0 Å². The molecule has 2 aliphatic heterocycles. The molecule has 0 radical (unpaired) electrons. The second-order valence-electron chi connectivity index (χ2n) is 5.63. The fourth-order valence-electron chi connectivity index (χ4n) is 2.81. The Bertz CT molecular complexity index is 350. The fraction of sp³-hybridized carbons (Fsp3) is 1.00. The summed E-state index contributed by atoms with van der Waals surface area (Å²) in [6, 6.07) is 0.0435. The highest BCUT2D eigenvalue weighted by Gasteiger charge is 2.28. The summed E-state index contributed by atoms with van der Waals surface area (Å²) in [5.74, 6) is 0.538. The van der Waals surface area contributed by atoms with Crippen molar-refractivity contribution in [2.24, 2.45) is 5.92 Å². The Labute approximate surface area is 110 Å². The van der Waals surface area contributed by atoms with E-state index in [0.717, 1.165) is 45.2 Å². The third kappa shape index (κ3) is 3.91. The van der Waals surface area contributed by atoms with Gasteiger partial charge in [0.15, 0.2) is 0 Å². The summed E-state index contributed by atoms with van der Waals surface area (Å²) in [4.78, 5) is 0. The number of hydrogen-bond donors (Lipinski definition) is 2. The molecule has 6 heteroatoms. The lowest BCUT2D eigenvalue weighted by Gasteiger charge is -2.30. The van der Waals surface area contributed by atoms with E-state index in [-0.39, 0.29) is 6.04 Å². The topological polar surface area (TPSA) is 61.4 Å². The van der Waals surface area contributed by atoms with Crippen molar-refractivity contribution in [3.8, 4) is 0 Å². The molecule has 0 aromatic heterocycles. The van der Waals surface area contributed by atoms with E-state index in [1.165, 1.54) is 0 Å². The fourth-order valence-corrected chi connectivity index (χ4v) is 4.30. The number of nitrogens with one attached hydrogen (secondary N) is 2. The quantitative estimate of drug-likeness (QED) is 0.797. The van der Waals surface area contributed by atoms with Crippen molar-refractivity contribution in [3.63, 3.8) is 0 Å². The molecule has 106 valence electrons. The molecule has 0 spiro atoms. The van der Waals surface area contributed by atoms with Crippen molar-refractivity contribution in [1.82, 2.24) is 14.3 Å². The third-order valence-corrected chi connectivity index (χ3v) is 5.47. The molecule has 2 fully saturated rings. The predicted octanol–water partition coefficient (Wildman–Crippen LogP) is 0.695. The van der Waals surface area contributed by atoms with Crippen LogP contribution in [0.25, 0.3) is 0 Å². The molecule has 0 aromatic carbocycles. The number of hydrogen-bond acceptors (Lipinski definition) is 3. The van der Waals surface area contributed by atoms with Crippen LogP contribution in [-0.2, 0) is 10.2 Å². The molecule has 2 saturated heterocycles. The monoisotopic (exact) mass is 275 g/mol. The second-order valence-corrected chi connectivity index (χ2v) is 7.33. The lowest BCUT2D eigenvalue weighted by molar-refractivity contribution is 0.334. The zero-order chi connectivity index (χ0) is 13.0. The largest absolute Gasteiger partial charge is 0.315 e. The maximum atomic E-state index is 12.3. The molecular weight excluding hydrogens is 250 g/mol. The van der Waals surface area contributed by atoms with Crippen molar-refractivity contribution in [3.05, 3.63) is 0 Å². The van der Waals surface area contributed by atoms with Gasteiger partial charge in [-0.15, -0.1) is 0 Å². The van der Waals surface area contributed by atoms with Crippen molar-refractivity contribution in [2.45, 2.75) is 45.1 Å². The molecule has 0 amide bonds. The average molecular weight is 275 g/mol. The van der Waals surface area contributed by atoms with Gasteiger partial charge in [-0.1, -0.05) is 19.8 Å².